The smallest absolute Gasteiger partial charge is 0.342 e. The summed E-state index contributed by atoms with van der Waals surface area (Å²) in [6.07, 6.45) is 1.79. The summed E-state index contributed by atoms with van der Waals surface area (Å²) in [6, 6.07) is 0. The number of carbonyl (C=O) groups is 1. The van der Waals surface area contributed by atoms with Crippen LogP contribution in [-0.4, -0.2) is 65.9 Å². The van der Waals surface area contributed by atoms with Crippen LogP contribution < -0.4 is 5.73 Å². The third-order valence-electron chi connectivity index (χ3n) is 3.97. The summed E-state index contributed by atoms with van der Waals surface area (Å²) in [6.45, 7) is 2.84. The molecule has 2 rings (SSSR count). The Balaban J connectivity index is 2.06. The van der Waals surface area contributed by atoms with E-state index in [9.17, 15) is 15.0 Å². The first-order valence-corrected chi connectivity index (χ1v) is 7.49. The fourth-order valence-electron chi connectivity index (χ4n) is 2.80. The second kappa shape index (κ2) is 7.67. The topological polar surface area (TPSA) is 116 Å². The van der Waals surface area contributed by atoms with E-state index < -0.39 is 5.97 Å². The molecule has 0 spiro atoms. The minimum atomic E-state index is -1.18. The number of hydrogen-bond donors (Lipinski definition) is 4. The Hall–Kier alpha value is -1.51. The third-order valence-corrected chi connectivity index (χ3v) is 3.97. The number of nitrogens with two attached hydrogens (primary N) is 1. The van der Waals surface area contributed by atoms with Gasteiger partial charge in [0.05, 0.1) is 0 Å². The van der Waals surface area contributed by atoms with E-state index in [1.54, 1.807) is 0 Å². The normalized spacial score (nSPS) is 20.1. The van der Waals surface area contributed by atoms with Crippen molar-refractivity contribution in [3.05, 3.63) is 22.7 Å². The average Bonchev–Trinajstić information content (AvgIpc) is 2.43. The summed E-state index contributed by atoms with van der Waals surface area (Å²) in [5, 5.41) is 28.3. The van der Waals surface area contributed by atoms with Gasteiger partial charge in [-0.3, -0.25) is 4.90 Å². The molecule has 0 aromatic rings. The maximum atomic E-state index is 11.4. The number of hydrogen-bond acceptors (Lipinski definition) is 6. The molecule has 0 amide bonds. The molecule has 2 aliphatic rings. The van der Waals surface area contributed by atoms with Crippen molar-refractivity contribution in [2.75, 3.05) is 26.2 Å². The molecule has 1 radical (unpaired) electrons. The molecule has 1 aliphatic carbocycles. The summed E-state index contributed by atoms with van der Waals surface area (Å²) in [4.78, 5) is 13.6. The molecule has 0 bridgehead atoms. The molecule has 0 saturated carbocycles. The summed E-state index contributed by atoms with van der Waals surface area (Å²) in [5.74, 6) is -1.05. The lowest BCUT2D eigenvalue weighted by atomic mass is 9.85. The molecule has 1 fully saturated rings. The molecule has 7 nitrogen and oxygen atoms in total. The second-order valence-electron chi connectivity index (χ2n) is 5.56. The van der Waals surface area contributed by atoms with Crippen molar-refractivity contribution in [3.8, 4) is 0 Å². The van der Waals surface area contributed by atoms with E-state index in [1.165, 1.54) is 0 Å². The van der Waals surface area contributed by atoms with Crippen molar-refractivity contribution in [1.29, 1.82) is 0 Å². The maximum absolute atomic E-state index is 11.4. The van der Waals surface area contributed by atoms with Crippen molar-refractivity contribution in [2.45, 2.75) is 31.7 Å². The van der Waals surface area contributed by atoms with E-state index in [4.69, 9.17) is 15.5 Å². The number of carboxylic acid groups (broad SMARTS) is 1. The van der Waals surface area contributed by atoms with Crippen molar-refractivity contribution in [2.24, 2.45) is 5.73 Å². The van der Waals surface area contributed by atoms with Crippen LogP contribution in [0.15, 0.2) is 22.7 Å². The highest BCUT2D eigenvalue weighted by atomic mass is 16.5. The van der Waals surface area contributed by atoms with Crippen LogP contribution >= 0.6 is 0 Å². The number of aliphatic carboxylic acids is 1. The zero-order chi connectivity index (χ0) is 16.1. The molecule has 0 aromatic heterocycles. The second-order valence-corrected chi connectivity index (χ2v) is 5.56. The summed E-state index contributed by atoms with van der Waals surface area (Å²) in [7, 11) is 1.01. The highest BCUT2D eigenvalue weighted by Gasteiger charge is 2.33. The maximum Gasteiger partial charge on any atom is 0.342 e. The lowest BCUT2D eigenvalue weighted by Gasteiger charge is -2.40. The molecule has 0 aromatic carbocycles. The summed E-state index contributed by atoms with van der Waals surface area (Å²) < 4.78 is 5.77. The molecule has 0 atom stereocenters. The van der Waals surface area contributed by atoms with Gasteiger partial charge < -0.3 is 25.7 Å². The number of carboxylic acids is 1. The largest absolute Gasteiger partial charge is 0.507 e. The molecular formula is C14H22BN2O5. The predicted octanol–water partition coefficient (Wildman–Crippen LogP) is 0.0104. The lowest BCUT2D eigenvalue weighted by molar-refractivity contribution is -0.133. The molecule has 1 saturated heterocycles. The lowest BCUT2D eigenvalue weighted by Crippen LogP contribution is -2.53. The summed E-state index contributed by atoms with van der Waals surface area (Å²) in [5.41, 5.74) is 5.98. The number of rotatable bonds is 8. The first kappa shape index (κ1) is 16.9. The Kier molecular flexibility index (Phi) is 5.87. The molecule has 121 valence electrons. The van der Waals surface area contributed by atoms with Crippen LogP contribution in [0.25, 0.3) is 0 Å². The Morgan fingerprint density at radius 1 is 1.41 bits per heavy atom. The van der Waals surface area contributed by atoms with Gasteiger partial charge in [-0.05, 0) is 24.7 Å². The Labute approximate surface area is 130 Å². The quantitative estimate of drug-likeness (QED) is 0.467. The van der Waals surface area contributed by atoms with Gasteiger partial charge in [0.1, 0.15) is 23.2 Å². The predicted molar refractivity (Wildman–Crippen MR) is 81.3 cm³/mol. The zero-order valence-electron chi connectivity index (χ0n) is 12.5. The number of aliphatic hydroxyl groups is 1. The monoisotopic (exact) mass is 309 g/mol. The van der Waals surface area contributed by atoms with E-state index in [-0.39, 0.29) is 17.4 Å². The molecule has 22 heavy (non-hydrogen) atoms. The van der Waals surface area contributed by atoms with Crippen LogP contribution in [-0.2, 0) is 9.53 Å². The SMILES string of the molecule is NCCN1CC(OC2=C(C(=O)O)C(O)=C(CC[B]O)CC2)C1. The van der Waals surface area contributed by atoms with Crippen molar-refractivity contribution in [3.63, 3.8) is 0 Å². The zero-order valence-corrected chi connectivity index (χ0v) is 12.5. The van der Waals surface area contributed by atoms with Crippen molar-refractivity contribution < 1.29 is 24.8 Å². The minimum Gasteiger partial charge on any atom is -0.507 e. The number of nitrogens with zero attached hydrogens (tertiary/aromatic N) is 1. The van der Waals surface area contributed by atoms with Gasteiger partial charge >= 0.3 is 5.97 Å². The van der Waals surface area contributed by atoms with E-state index in [0.29, 0.717) is 43.5 Å². The minimum absolute atomic E-state index is 0.0453. The highest BCUT2D eigenvalue weighted by Crippen LogP contribution is 2.33. The fraction of sp³-hybridized carbons (Fsp3) is 0.643. The van der Waals surface area contributed by atoms with Gasteiger partial charge in [-0.15, -0.1) is 0 Å². The van der Waals surface area contributed by atoms with Gasteiger partial charge in [0.2, 0.25) is 0 Å². The Bertz CT molecular complexity index is 486. The van der Waals surface area contributed by atoms with Crippen LogP contribution in [0.4, 0.5) is 0 Å². The number of likely N-dealkylation sites (tertiary alicyclic amines) is 1. The average molecular weight is 309 g/mol. The first-order chi connectivity index (χ1) is 10.6. The number of ether oxygens (including phenoxy) is 1. The van der Waals surface area contributed by atoms with Crippen molar-refractivity contribution in [1.82, 2.24) is 4.90 Å². The number of aliphatic hydroxyl groups excluding tert-OH is 1. The van der Waals surface area contributed by atoms with Gasteiger partial charge in [-0.25, -0.2) is 4.79 Å². The van der Waals surface area contributed by atoms with E-state index >= 15 is 0 Å². The molecular weight excluding hydrogens is 287 g/mol. The van der Waals surface area contributed by atoms with Gasteiger partial charge in [-0.2, -0.15) is 0 Å². The van der Waals surface area contributed by atoms with E-state index in [0.717, 1.165) is 27.1 Å². The number of allylic oxidation sites excluding steroid dienone is 2. The molecule has 1 aliphatic heterocycles. The van der Waals surface area contributed by atoms with Crippen LogP contribution in [0.5, 0.6) is 0 Å². The van der Waals surface area contributed by atoms with Crippen LogP contribution in [0, 0.1) is 0 Å². The highest BCUT2D eigenvalue weighted by molar-refractivity contribution is 6.25. The van der Waals surface area contributed by atoms with E-state index in [1.807, 2.05) is 0 Å². The molecule has 1 heterocycles. The van der Waals surface area contributed by atoms with Gasteiger partial charge in [0.25, 0.3) is 7.48 Å². The van der Waals surface area contributed by atoms with Crippen molar-refractivity contribution >= 4 is 13.5 Å². The fourth-order valence-corrected chi connectivity index (χ4v) is 2.80. The van der Waals surface area contributed by atoms with Crippen LogP contribution in [0.2, 0.25) is 6.32 Å². The molecule has 8 heteroatoms. The standard InChI is InChI=1S/C14H22BN2O5/c16-5-6-17-7-10(8-17)22-11-2-1-9(3-4-15-21)13(18)12(11)14(19)20/h10,18,21H,1-8,16H2,(H,19,20). The Morgan fingerprint density at radius 3 is 2.73 bits per heavy atom. The first-order valence-electron chi connectivity index (χ1n) is 7.49. The van der Waals surface area contributed by atoms with Crippen LogP contribution in [0.1, 0.15) is 19.3 Å². The van der Waals surface area contributed by atoms with Gasteiger partial charge in [-0.1, -0.05) is 0 Å². The molecule has 0 unspecified atom stereocenters. The Morgan fingerprint density at radius 2 is 2.14 bits per heavy atom. The van der Waals surface area contributed by atoms with Gasteiger partial charge in [0.15, 0.2) is 0 Å². The van der Waals surface area contributed by atoms with E-state index in [2.05, 4.69) is 4.90 Å². The third kappa shape index (κ3) is 3.82. The summed E-state index contributed by atoms with van der Waals surface area (Å²) >= 11 is 0. The van der Waals surface area contributed by atoms with Crippen LogP contribution in [0.3, 0.4) is 0 Å². The van der Waals surface area contributed by atoms with Gasteiger partial charge in [0, 0.05) is 32.6 Å². The molecule has 5 N–H and O–H groups in total.